The zero-order valence-electron chi connectivity index (χ0n) is 13.4. The second-order valence-electron chi connectivity index (χ2n) is 5.85. The maximum atomic E-state index is 13.9. The van der Waals surface area contributed by atoms with Crippen molar-refractivity contribution in [1.82, 2.24) is 10.2 Å². The average molecular weight is 294 g/mol. The van der Waals surface area contributed by atoms with Crippen molar-refractivity contribution in [2.45, 2.75) is 32.7 Å². The van der Waals surface area contributed by atoms with E-state index in [0.29, 0.717) is 5.75 Å². The molecular weight excluding hydrogens is 267 g/mol. The molecule has 1 aromatic rings. The number of benzene rings is 1. The van der Waals surface area contributed by atoms with Crippen LogP contribution in [0.5, 0.6) is 5.75 Å². The van der Waals surface area contributed by atoms with Gasteiger partial charge in [0.1, 0.15) is 0 Å². The van der Waals surface area contributed by atoms with Gasteiger partial charge in [0.05, 0.1) is 7.11 Å². The van der Waals surface area contributed by atoms with Crippen molar-refractivity contribution in [2.75, 3.05) is 33.3 Å². The van der Waals surface area contributed by atoms with Crippen LogP contribution < -0.4 is 10.1 Å². The summed E-state index contributed by atoms with van der Waals surface area (Å²) in [4.78, 5) is 2.44. The molecule has 0 amide bonds. The number of methoxy groups -OCH3 is 1. The molecule has 1 aliphatic rings. The molecule has 3 nitrogen and oxygen atoms in total. The molecule has 0 spiro atoms. The lowest BCUT2D eigenvalue weighted by Gasteiger charge is -2.33. The van der Waals surface area contributed by atoms with Crippen LogP contribution in [0.15, 0.2) is 18.2 Å². The maximum Gasteiger partial charge on any atom is 0.165 e. The van der Waals surface area contributed by atoms with Crippen LogP contribution in [0.4, 0.5) is 4.39 Å². The zero-order chi connectivity index (χ0) is 15.2. The Morgan fingerprint density at radius 1 is 1.38 bits per heavy atom. The summed E-state index contributed by atoms with van der Waals surface area (Å²) in [6, 6.07) is 5.52. The quantitative estimate of drug-likeness (QED) is 0.872. The number of halogens is 1. The molecule has 1 N–H and O–H groups in total. The molecule has 118 valence electrons. The number of rotatable bonds is 6. The Labute approximate surface area is 127 Å². The first kappa shape index (κ1) is 16.2. The lowest BCUT2D eigenvalue weighted by Crippen LogP contribution is -2.37. The van der Waals surface area contributed by atoms with Crippen LogP contribution >= 0.6 is 0 Å². The summed E-state index contributed by atoms with van der Waals surface area (Å²) in [5.74, 6) is 0.781. The molecule has 21 heavy (non-hydrogen) atoms. The van der Waals surface area contributed by atoms with E-state index in [2.05, 4.69) is 24.1 Å². The van der Waals surface area contributed by atoms with Gasteiger partial charge >= 0.3 is 0 Å². The third-order valence-corrected chi connectivity index (χ3v) is 4.56. The molecule has 0 saturated carbocycles. The molecule has 2 rings (SSSR count). The largest absolute Gasteiger partial charge is 0.494 e. The Morgan fingerprint density at radius 3 is 2.67 bits per heavy atom. The van der Waals surface area contributed by atoms with E-state index in [1.807, 2.05) is 6.07 Å². The van der Waals surface area contributed by atoms with Gasteiger partial charge in [0, 0.05) is 12.6 Å². The molecule has 0 aromatic heterocycles. The summed E-state index contributed by atoms with van der Waals surface area (Å²) in [5.41, 5.74) is 1.02. The third kappa shape index (κ3) is 4.17. The standard InChI is InChI=1S/C17H27FN2O/c1-4-20(12-14-7-9-19-10-8-14)13(2)15-5-6-17(21-3)16(18)11-15/h5-6,11,13-14,19H,4,7-10,12H2,1-3H3. The molecule has 0 radical (unpaired) electrons. The van der Waals surface area contributed by atoms with Crippen molar-refractivity contribution >= 4 is 0 Å². The first-order valence-electron chi connectivity index (χ1n) is 7.94. The highest BCUT2D eigenvalue weighted by Crippen LogP contribution is 2.27. The molecule has 1 fully saturated rings. The number of hydrogen-bond donors (Lipinski definition) is 1. The summed E-state index contributed by atoms with van der Waals surface area (Å²) in [7, 11) is 1.50. The second-order valence-corrected chi connectivity index (χ2v) is 5.85. The number of ether oxygens (including phenoxy) is 1. The second kappa shape index (κ2) is 7.76. The highest BCUT2D eigenvalue weighted by molar-refractivity contribution is 5.30. The highest BCUT2D eigenvalue weighted by Gasteiger charge is 2.21. The molecule has 1 aliphatic heterocycles. The summed E-state index contributed by atoms with van der Waals surface area (Å²) < 4.78 is 18.9. The van der Waals surface area contributed by atoms with Crippen LogP contribution in [0.25, 0.3) is 0 Å². The Balaban J connectivity index is 2.04. The Hall–Kier alpha value is -1.13. The lowest BCUT2D eigenvalue weighted by molar-refractivity contribution is 0.168. The van der Waals surface area contributed by atoms with Crippen LogP contribution in [-0.4, -0.2) is 38.2 Å². The molecule has 0 bridgehead atoms. The summed E-state index contributed by atoms with van der Waals surface area (Å²) in [6.07, 6.45) is 2.47. The fourth-order valence-corrected chi connectivity index (χ4v) is 3.11. The maximum absolute atomic E-state index is 13.9. The minimum atomic E-state index is -0.278. The molecule has 4 heteroatoms. The van der Waals surface area contributed by atoms with Gasteiger partial charge in [-0.25, -0.2) is 4.39 Å². The van der Waals surface area contributed by atoms with E-state index in [1.165, 1.54) is 20.0 Å². The molecular formula is C17H27FN2O. The number of hydrogen-bond acceptors (Lipinski definition) is 3. The van der Waals surface area contributed by atoms with Gasteiger partial charge in [-0.3, -0.25) is 4.90 Å². The molecule has 1 saturated heterocycles. The van der Waals surface area contributed by atoms with Crippen molar-refractivity contribution in [1.29, 1.82) is 0 Å². The molecule has 1 aromatic carbocycles. The van der Waals surface area contributed by atoms with Crippen LogP contribution in [0.3, 0.4) is 0 Å². The SMILES string of the molecule is CCN(CC1CCNCC1)C(C)c1ccc(OC)c(F)c1. The predicted octanol–water partition coefficient (Wildman–Crippen LogP) is 3.22. The van der Waals surface area contributed by atoms with Crippen LogP contribution in [0, 0.1) is 11.7 Å². The van der Waals surface area contributed by atoms with E-state index in [0.717, 1.165) is 37.7 Å². The van der Waals surface area contributed by atoms with Gasteiger partial charge in [0.15, 0.2) is 11.6 Å². The molecule has 0 aliphatic carbocycles. The van der Waals surface area contributed by atoms with Crippen molar-refractivity contribution in [3.8, 4) is 5.75 Å². The van der Waals surface area contributed by atoms with Gasteiger partial charge in [0.2, 0.25) is 0 Å². The van der Waals surface area contributed by atoms with Crippen molar-refractivity contribution in [2.24, 2.45) is 5.92 Å². The summed E-state index contributed by atoms with van der Waals surface area (Å²) in [6.45, 7) is 8.65. The van der Waals surface area contributed by atoms with Crippen LogP contribution in [0.2, 0.25) is 0 Å². The fourth-order valence-electron chi connectivity index (χ4n) is 3.11. The Bertz CT molecular complexity index is 446. The minimum Gasteiger partial charge on any atom is -0.494 e. The highest BCUT2D eigenvalue weighted by atomic mass is 19.1. The predicted molar refractivity (Wildman–Crippen MR) is 84.2 cm³/mol. The lowest BCUT2D eigenvalue weighted by atomic mass is 9.96. The minimum absolute atomic E-state index is 0.227. The van der Waals surface area contributed by atoms with Gasteiger partial charge < -0.3 is 10.1 Å². The van der Waals surface area contributed by atoms with Crippen molar-refractivity contribution in [3.05, 3.63) is 29.6 Å². The Kier molecular flexibility index (Phi) is 6.00. The van der Waals surface area contributed by atoms with Crippen LogP contribution in [0.1, 0.15) is 38.3 Å². The van der Waals surface area contributed by atoms with Gasteiger partial charge in [-0.05, 0) is 63.0 Å². The van der Waals surface area contributed by atoms with Gasteiger partial charge in [0.25, 0.3) is 0 Å². The number of nitrogens with zero attached hydrogens (tertiary/aromatic N) is 1. The molecule has 1 heterocycles. The van der Waals surface area contributed by atoms with E-state index in [9.17, 15) is 4.39 Å². The summed E-state index contributed by atoms with van der Waals surface area (Å²) >= 11 is 0. The molecule has 1 atom stereocenters. The Morgan fingerprint density at radius 2 is 2.10 bits per heavy atom. The summed E-state index contributed by atoms with van der Waals surface area (Å²) in [5, 5.41) is 3.41. The zero-order valence-corrected chi connectivity index (χ0v) is 13.4. The van der Waals surface area contributed by atoms with E-state index < -0.39 is 0 Å². The first-order chi connectivity index (χ1) is 10.2. The smallest absolute Gasteiger partial charge is 0.165 e. The molecule has 1 unspecified atom stereocenters. The van der Waals surface area contributed by atoms with Gasteiger partial charge in [-0.2, -0.15) is 0 Å². The van der Waals surface area contributed by atoms with Crippen molar-refractivity contribution < 1.29 is 9.13 Å². The van der Waals surface area contributed by atoms with Gasteiger partial charge in [-0.1, -0.05) is 13.0 Å². The first-order valence-corrected chi connectivity index (χ1v) is 7.94. The van der Waals surface area contributed by atoms with E-state index in [1.54, 1.807) is 12.1 Å². The number of nitrogens with one attached hydrogen (secondary N) is 1. The fraction of sp³-hybridized carbons (Fsp3) is 0.647. The van der Waals surface area contributed by atoms with E-state index >= 15 is 0 Å². The van der Waals surface area contributed by atoms with E-state index in [4.69, 9.17) is 4.74 Å². The van der Waals surface area contributed by atoms with Gasteiger partial charge in [-0.15, -0.1) is 0 Å². The average Bonchev–Trinajstić information content (AvgIpc) is 2.53. The van der Waals surface area contributed by atoms with Crippen molar-refractivity contribution in [3.63, 3.8) is 0 Å². The topological polar surface area (TPSA) is 24.5 Å². The normalized spacial score (nSPS) is 18.0. The van der Waals surface area contributed by atoms with E-state index in [-0.39, 0.29) is 11.9 Å². The number of piperidine rings is 1. The van der Waals surface area contributed by atoms with Crippen LogP contribution in [-0.2, 0) is 0 Å². The monoisotopic (exact) mass is 294 g/mol. The third-order valence-electron chi connectivity index (χ3n) is 4.56.